The molecule has 1 aromatic carbocycles. The fourth-order valence-electron chi connectivity index (χ4n) is 3.77. The summed E-state index contributed by atoms with van der Waals surface area (Å²) in [6.45, 7) is 6.66. The maximum absolute atomic E-state index is 12.4. The zero-order valence-corrected chi connectivity index (χ0v) is 17.8. The van der Waals surface area contributed by atoms with Gasteiger partial charge in [-0.1, -0.05) is 39.0 Å². The van der Waals surface area contributed by atoms with E-state index >= 15 is 0 Å². The molecule has 0 aliphatic heterocycles. The lowest BCUT2D eigenvalue weighted by molar-refractivity contribution is -0.152. The maximum atomic E-state index is 12.4. The van der Waals surface area contributed by atoms with Gasteiger partial charge in [-0.2, -0.15) is 0 Å². The highest BCUT2D eigenvalue weighted by Crippen LogP contribution is 2.35. The summed E-state index contributed by atoms with van der Waals surface area (Å²) < 4.78 is 11.0. The molecule has 0 bridgehead atoms. The zero-order valence-electron chi connectivity index (χ0n) is 17.0. The molecular formula is C21H29N3O3S. The normalized spacial score (nSPS) is 22.2. The topological polar surface area (TPSA) is 77.1 Å². The minimum absolute atomic E-state index is 0.0267. The van der Waals surface area contributed by atoms with Crippen molar-refractivity contribution in [3.8, 4) is 17.1 Å². The number of esters is 1. The van der Waals surface area contributed by atoms with Gasteiger partial charge in [0.25, 0.3) is 0 Å². The van der Waals surface area contributed by atoms with Gasteiger partial charge in [-0.15, -0.1) is 5.10 Å². The molecular weight excluding hydrogens is 374 g/mol. The number of nitrogens with one attached hydrogen (secondary N) is 1. The van der Waals surface area contributed by atoms with E-state index in [0.717, 1.165) is 24.2 Å². The number of aromatic nitrogens is 3. The Kier molecular flexibility index (Phi) is 6.99. The molecule has 0 saturated heterocycles. The highest BCUT2D eigenvalue weighted by molar-refractivity contribution is 7.99. The molecule has 0 amide bonds. The molecule has 1 heterocycles. The van der Waals surface area contributed by atoms with Gasteiger partial charge in [-0.3, -0.25) is 9.89 Å². The first-order chi connectivity index (χ1) is 13.5. The summed E-state index contributed by atoms with van der Waals surface area (Å²) >= 11 is 1.30. The Labute approximate surface area is 170 Å². The lowest BCUT2D eigenvalue weighted by Crippen LogP contribution is -2.36. The first-order valence-corrected chi connectivity index (χ1v) is 10.8. The van der Waals surface area contributed by atoms with E-state index < -0.39 is 0 Å². The molecule has 1 fully saturated rings. The summed E-state index contributed by atoms with van der Waals surface area (Å²) in [6.07, 6.45) is 3.34. The van der Waals surface area contributed by atoms with Crippen LogP contribution in [0.3, 0.4) is 0 Å². The van der Waals surface area contributed by atoms with Crippen LogP contribution in [0.15, 0.2) is 29.4 Å². The van der Waals surface area contributed by atoms with Gasteiger partial charge in [-0.05, 0) is 54.9 Å². The summed E-state index contributed by atoms with van der Waals surface area (Å²) in [5, 5.41) is 7.66. The van der Waals surface area contributed by atoms with Crippen LogP contribution in [0, 0.1) is 17.8 Å². The van der Waals surface area contributed by atoms with Gasteiger partial charge in [0.05, 0.1) is 12.9 Å². The van der Waals surface area contributed by atoms with Gasteiger partial charge in [0.1, 0.15) is 11.9 Å². The van der Waals surface area contributed by atoms with Crippen LogP contribution in [0.5, 0.6) is 5.75 Å². The van der Waals surface area contributed by atoms with Crippen LogP contribution >= 0.6 is 11.8 Å². The second-order valence-corrected chi connectivity index (χ2v) is 8.78. The Balaban J connectivity index is 1.53. The van der Waals surface area contributed by atoms with Crippen molar-refractivity contribution in [1.82, 2.24) is 15.2 Å². The second-order valence-electron chi connectivity index (χ2n) is 7.84. The molecule has 1 N–H and O–H groups in total. The highest BCUT2D eigenvalue weighted by atomic mass is 32.2. The standard InChI is InChI=1S/C21H29N3O3S/c1-13(2)17-10-5-14(3)11-18(17)27-19(25)12-28-21-22-20(23-24-21)15-6-8-16(26-4)9-7-15/h6-9,13-14,17-18H,5,10-12H2,1-4H3,(H,22,23,24)/t14-,17+,18+/m0/s1. The molecule has 1 aliphatic carbocycles. The quantitative estimate of drug-likeness (QED) is 0.539. The molecule has 1 aliphatic rings. The number of aromatic amines is 1. The van der Waals surface area contributed by atoms with E-state index in [2.05, 4.69) is 36.0 Å². The minimum Gasteiger partial charge on any atom is -0.497 e. The van der Waals surface area contributed by atoms with Gasteiger partial charge < -0.3 is 9.47 Å². The van der Waals surface area contributed by atoms with E-state index in [1.165, 1.54) is 18.2 Å². The SMILES string of the molecule is COc1ccc(-c2nc(SCC(=O)O[C@@H]3C[C@@H](C)CC[C@@H]3C(C)C)n[nH]2)cc1. The number of carbonyl (C=O) groups excluding carboxylic acids is 1. The van der Waals surface area contributed by atoms with Gasteiger partial charge >= 0.3 is 5.97 Å². The van der Waals surface area contributed by atoms with Crippen molar-refractivity contribution in [2.75, 3.05) is 12.9 Å². The molecule has 6 nitrogen and oxygen atoms in total. The molecule has 1 aromatic heterocycles. The fraction of sp³-hybridized carbons (Fsp3) is 0.571. The third kappa shape index (κ3) is 5.28. The van der Waals surface area contributed by atoms with Crippen LogP contribution in [-0.2, 0) is 9.53 Å². The summed E-state index contributed by atoms with van der Waals surface area (Å²) in [5.41, 5.74) is 0.915. The number of hydrogen-bond acceptors (Lipinski definition) is 6. The van der Waals surface area contributed by atoms with E-state index in [4.69, 9.17) is 9.47 Å². The van der Waals surface area contributed by atoms with Crippen molar-refractivity contribution in [2.45, 2.75) is 51.3 Å². The third-order valence-corrected chi connectivity index (χ3v) is 6.21. The number of thioether (sulfide) groups is 1. The monoisotopic (exact) mass is 403 g/mol. The van der Waals surface area contributed by atoms with Crippen LogP contribution in [0.2, 0.25) is 0 Å². The largest absolute Gasteiger partial charge is 0.497 e. The smallest absolute Gasteiger partial charge is 0.316 e. The number of hydrogen-bond donors (Lipinski definition) is 1. The number of ether oxygens (including phenoxy) is 2. The van der Waals surface area contributed by atoms with E-state index in [-0.39, 0.29) is 17.8 Å². The van der Waals surface area contributed by atoms with Gasteiger partial charge in [0.2, 0.25) is 5.16 Å². The van der Waals surface area contributed by atoms with Crippen molar-refractivity contribution in [3.05, 3.63) is 24.3 Å². The van der Waals surface area contributed by atoms with Crippen LogP contribution in [0.1, 0.15) is 40.0 Å². The predicted molar refractivity (Wildman–Crippen MR) is 110 cm³/mol. The fourth-order valence-corrected chi connectivity index (χ4v) is 4.35. The number of nitrogens with zero attached hydrogens (tertiary/aromatic N) is 2. The Morgan fingerprint density at radius 1 is 1.29 bits per heavy atom. The van der Waals surface area contributed by atoms with Crippen molar-refractivity contribution < 1.29 is 14.3 Å². The summed E-state index contributed by atoms with van der Waals surface area (Å²) in [4.78, 5) is 16.8. The average molecular weight is 404 g/mol. The number of carbonyl (C=O) groups is 1. The Morgan fingerprint density at radius 3 is 2.71 bits per heavy atom. The molecule has 2 aromatic rings. The van der Waals surface area contributed by atoms with Crippen molar-refractivity contribution in [1.29, 1.82) is 0 Å². The van der Waals surface area contributed by atoms with Crippen molar-refractivity contribution in [3.63, 3.8) is 0 Å². The van der Waals surface area contributed by atoms with E-state index in [1.54, 1.807) is 7.11 Å². The highest BCUT2D eigenvalue weighted by Gasteiger charge is 2.33. The Bertz CT molecular complexity index is 775. The summed E-state index contributed by atoms with van der Waals surface area (Å²) in [5.74, 6) is 3.08. The first kappa shape index (κ1) is 20.7. The van der Waals surface area contributed by atoms with Crippen molar-refractivity contribution >= 4 is 17.7 Å². The second kappa shape index (κ2) is 9.45. The molecule has 0 unspecified atom stereocenters. The molecule has 3 rings (SSSR count). The van der Waals surface area contributed by atoms with Gasteiger partial charge in [0, 0.05) is 5.56 Å². The van der Waals surface area contributed by atoms with Gasteiger partial charge in [-0.25, -0.2) is 4.98 Å². The predicted octanol–water partition coefficient (Wildman–Crippen LogP) is 4.58. The van der Waals surface area contributed by atoms with Crippen LogP contribution in [0.4, 0.5) is 0 Å². The molecule has 1 saturated carbocycles. The van der Waals surface area contributed by atoms with E-state index in [9.17, 15) is 4.79 Å². The molecule has 0 radical (unpaired) electrons. The molecule has 7 heteroatoms. The molecule has 0 spiro atoms. The summed E-state index contributed by atoms with van der Waals surface area (Å²) in [7, 11) is 1.63. The number of H-pyrrole nitrogens is 1. The molecule has 3 atom stereocenters. The lowest BCUT2D eigenvalue weighted by Gasteiger charge is -2.36. The zero-order chi connectivity index (χ0) is 20.1. The van der Waals surface area contributed by atoms with Crippen LogP contribution < -0.4 is 4.74 Å². The Hall–Kier alpha value is -2.02. The van der Waals surface area contributed by atoms with Crippen molar-refractivity contribution in [2.24, 2.45) is 17.8 Å². The van der Waals surface area contributed by atoms with E-state index in [0.29, 0.717) is 28.7 Å². The number of benzene rings is 1. The average Bonchev–Trinajstić information content (AvgIpc) is 3.15. The van der Waals surface area contributed by atoms with Gasteiger partial charge in [0.15, 0.2) is 5.82 Å². The minimum atomic E-state index is -0.189. The maximum Gasteiger partial charge on any atom is 0.316 e. The van der Waals surface area contributed by atoms with Crippen LogP contribution in [0.25, 0.3) is 11.4 Å². The molecule has 28 heavy (non-hydrogen) atoms. The first-order valence-electron chi connectivity index (χ1n) is 9.85. The number of rotatable bonds is 7. The van der Waals surface area contributed by atoms with E-state index in [1.807, 2.05) is 24.3 Å². The lowest BCUT2D eigenvalue weighted by atomic mass is 9.75. The molecule has 152 valence electrons. The Morgan fingerprint density at radius 2 is 2.04 bits per heavy atom. The third-order valence-electron chi connectivity index (χ3n) is 5.39. The van der Waals surface area contributed by atoms with Crippen LogP contribution in [-0.4, -0.2) is 40.1 Å². The number of methoxy groups -OCH3 is 1. The summed E-state index contributed by atoms with van der Waals surface area (Å²) in [6, 6.07) is 7.58.